The fourth-order valence-corrected chi connectivity index (χ4v) is 3.28. The highest BCUT2D eigenvalue weighted by atomic mass is 32.2. The van der Waals surface area contributed by atoms with Crippen molar-refractivity contribution < 1.29 is 0 Å². The molecule has 0 bridgehead atoms. The molecular weight excluding hydrogens is 332 g/mol. The van der Waals surface area contributed by atoms with E-state index in [4.69, 9.17) is 0 Å². The average Bonchev–Trinajstić information content (AvgIpc) is 3.06. The molecule has 0 aliphatic carbocycles. The molecular formula is C18H22N6S. The lowest BCUT2D eigenvalue weighted by molar-refractivity contribution is 0.759. The molecule has 3 rings (SSSR count). The maximum atomic E-state index is 4.29. The molecule has 0 fully saturated rings. The first-order valence-electron chi connectivity index (χ1n) is 8.08. The first kappa shape index (κ1) is 17.3. The van der Waals surface area contributed by atoms with Crippen LogP contribution in [0.25, 0.3) is 5.65 Å². The summed E-state index contributed by atoms with van der Waals surface area (Å²) in [7, 11) is 1.77. The van der Waals surface area contributed by atoms with Gasteiger partial charge in [-0.1, -0.05) is 18.2 Å². The monoisotopic (exact) mass is 354 g/mol. The number of hydrogen-bond donors (Lipinski definition) is 2. The number of aryl methyl sites for hydroxylation is 1. The highest BCUT2D eigenvalue weighted by Crippen LogP contribution is 2.21. The molecule has 6 nitrogen and oxygen atoms in total. The number of rotatable bonds is 5. The minimum Gasteiger partial charge on any atom is -0.352 e. The molecule has 0 saturated heterocycles. The summed E-state index contributed by atoms with van der Waals surface area (Å²) in [5.74, 6) is 1.58. The lowest BCUT2D eigenvalue weighted by Gasteiger charge is -2.13. The normalized spacial score (nSPS) is 11.7. The fourth-order valence-electron chi connectivity index (χ4n) is 2.57. The van der Waals surface area contributed by atoms with Gasteiger partial charge >= 0.3 is 0 Å². The molecule has 1 aromatic carbocycles. The van der Waals surface area contributed by atoms with Crippen LogP contribution in [0.3, 0.4) is 0 Å². The van der Waals surface area contributed by atoms with Gasteiger partial charge in [-0.2, -0.15) is 0 Å². The SMILES string of the molecule is CN=C(NCc1ccc(C)cc1SC)NCc1nnc2ccccn12. The van der Waals surface area contributed by atoms with Gasteiger partial charge in [0.25, 0.3) is 0 Å². The van der Waals surface area contributed by atoms with Crippen molar-refractivity contribution in [2.24, 2.45) is 4.99 Å². The van der Waals surface area contributed by atoms with Crippen molar-refractivity contribution in [2.45, 2.75) is 24.9 Å². The van der Waals surface area contributed by atoms with Crippen molar-refractivity contribution in [1.82, 2.24) is 25.2 Å². The van der Waals surface area contributed by atoms with E-state index in [-0.39, 0.29) is 0 Å². The summed E-state index contributed by atoms with van der Waals surface area (Å²) in [4.78, 5) is 5.57. The van der Waals surface area contributed by atoms with E-state index in [9.17, 15) is 0 Å². The number of thioether (sulfide) groups is 1. The molecule has 0 atom stereocenters. The third kappa shape index (κ3) is 4.11. The van der Waals surface area contributed by atoms with Crippen LogP contribution in [0, 0.1) is 6.92 Å². The van der Waals surface area contributed by atoms with Crippen LogP contribution in [0.4, 0.5) is 0 Å². The van der Waals surface area contributed by atoms with Gasteiger partial charge in [-0.15, -0.1) is 22.0 Å². The number of pyridine rings is 1. The van der Waals surface area contributed by atoms with E-state index in [0.29, 0.717) is 6.54 Å². The maximum Gasteiger partial charge on any atom is 0.191 e. The molecule has 7 heteroatoms. The van der Waals surface area contributed by atoms with E-state index in [1.54, 1.807) is 18.8 Å². The van der Waals surface area contributed by atoms with Gasteiger partial charge in [0, 0.05) is 24.7 Å². The summed E-state index contributed by atoms with van der Waals surface area (Å²) in [5, 5.41) is 15.0. The fraction of sp³-hybridized carbons (Fsp3) is 0.278. The van der Waals surface area contributed by atoms with Crippen molar-refractivity contribution in [3.8, 4) is 0 Å². The standard InChI is InChI=1S/C18H22N6S/c1-13-7-8-14(15(10-13)25-3)11-20-18(19-2)21-12-17-23-22-16-6-4-5-9-24(16)17/h4-10H,11-12H2,1-3H3,(H2,19,20,21). The van der Waals surface area contributed by atoms with Crippen LogP contribution in [0.15, 0.2) is 52.5 Å². The molecule has 25 heavy (non-hydrogen) atoms. The topological polar surface area (TPSA) is 66.6 Å². The Morgan fingerprint density at radius 2 is 2.00 bits per heavy atom. The van der Waals surface area contributed by atoms with Crippen LogP contribution < -0.4 is 10.6 Å². The van der Waals surface area contributed by atoms with Crippen molar-refractivity contribution in [1.29, 1.82) is 0 Å². The first-order valence-corrected chi connectivity index (χ1v) is 9.30. The minimum absolute atomic E-state index is 0.550. The Bertz CT molecular complexity index is 886. The highest BCUT2D eigenvalue weighted by molar-refractivity contribution is 7.98. The maximum absolute atomic E-state index is 4.29. The van der Waals surface area contributed by atoms with Gasteiger partial charge in [0.1, 0.15) is 0 Å². The van der Waals surface area contributed by atoms with E-state index in [0.717, 1.165) is 24.0 Å². The summed E-state index contributed by atoms with van der Waals surface area (Å²) in [6, 6.07) is 12.4. The largest absolute Gasteiger partial charge is 0.352 e. The molecule has 2 N–H and O–H groups in total. The molecule has 0 saturated carbocycles. The Balaban J connectivity index is 1.62. The van der Waals surface area contributed by atoms with E-state index >= 15 is 0 Å². The van der Waals surface area contributed by atoms with Crippen LogP contribution in [0.5, 0.6) is 0 Å². The second-order valence-electron chi connectivity index (χ2n) is 5.64. The zero-order valence-corrected chi connectivity index (χ0v) is 15.5. The number of nitrogens with zero attached hydrogens (tertiary/aromatic N) is 4. The smallest absolute Gasteiger partial charge is 0.191 e. The van der Waals surface area contributed by atoms with Crippen LogP contribution in [-0.4, -0.2) is 33.9 Å². The van der Waals surface area contributed by atoms with Gasteiger partial charge in [0.15, 0.2) is 17.4 Å². The predicted octanol–water partition coefficient (Wildman–Crippen LogP) is 2.62. The first-order chi connectivity index (χ1) is 12.2. The van der Waals surface area contributed by atoms with Gasteiger partial charge < -0.3 is 10.6 Å². The van der Waals surface area contributed by atoms with Crippen molar-refractivity contribution in [3.63, 3.8) is 0 Å². The predicted molar refractivity (Wildman–Crippen MR) is 103 cm³/mol. The number of fused-ring (bicyclic) bond motifs is 1. The zero-order valence-electron chi connectivity index (χ0n) is 14.7. The molecule has 2 heterocycles. The van der Waals surface area contributed by atoms with Crippen LogP contribution in [0.2, 0.25) is 0 Å². The van der Waals surface area contributed by atoms with E-state index in [1.165, 1.54) is 16.0 Å². The molecule has 0 amide bonds. The van der Waals surface area contributed by atoms with Gasteiger partial charge in [-0.25, -0.2) is 0 Å². The Labute approximate surface area is 151 Å². The minimum atomic E-state index is 0.550. The van der Waals surface area contributed by atoms with Crippen LogP contribution in [-0.2, 0) is 13.1 Å². The second-order valence-corrected chi connectivity index (χ2v) is 6.49. The third-order valence-corrected chi connectivity index (χ3v) is 4.73. The van der Waals surface area contributed by atoms with E-state index in [2.05, 4.69) is 57.2 Å². The molecule has 0 unspecified atom stereocenters. The number of benzene rings is 1. The number of nitrogens with one attached hydrogen (secondary N) is 2. The Morgan fingerprint density at radius 1 is 1.16 bits per heavy atom. The molecule has 0 radical (unpaired) electrons. The Morgan fingerprint density at radius 3 is 2.80 bits per heavy atom. The highest BCUT2D eigenvalue weighted by Gasteiger charge is 2.07. The summed E-state index contributed by atoms with van der Waals surface area (Å²) in [6.07, 6.45) is 4.06. The van der Waals surface area contributed by atoms with E-state index in [1.807, 2.05) is 28.8 Å². The lowest BCUT2D eigenvalue weighted by atomic mass is 10.1. The van der Waals surface area contributed by atoms with Crippen LogP contribution in [0.1, 0.15) is 17.0 Å². The van der Waals surface area contributed by atoms with Gasteiger partial charge in [-0.05, 0) is 42.5 Å². The van der Waals surface area contributed by atoms with Gasteiger partial charge in [-0.3, -0.25) is 9.39 Å². The number of hydrogen-bond acceptors (Lipinski definition) is 4. The number of aliphatic imine (C=N–C) groups is 1. The molecule has 0 spiro atoms. The van der Waals surface area contributed by atoms with Crippen LogP contribution >= 0.6 is 11.8 Å². The molecule has 2 aromatic heterocycles. The summed E-state index contributed by atoms with van der Waals surface area (Å²) in [6.45, 7) is 3.38. The Hall–Kier alpha value is -2.54. The van der Waals surface area contributed by atoms with Crippen molar-refractivity contribution >= 4 is 23.4 Å². The zero-order chi connectivity index (χ0) is 17.6. The number of aromatic nitrogens is 3. The molecule has 0 aliphatic rings. The van der Waals surface area contributed by atoms with Gasteiger partial charge in [0.05, 0.1) is 6.54 Å². The average molecular weight is 354 g/mol. The summed E-state index contributed by atoms with van der Waals surface area (Å²) < 4.78 is 1.96. The molecule has 0 aliphatic heterocycles. The molecule has 3 aromatic rings. The summed E-state index contributed by atoms with van der Waals surface area (Å²) in [5.41, 5.74) is 3.37. The molecule has 130 valence electrons. The van der Waals surface area contributed by atoms with E-state index < -0.39 is 0 Å². The third-order valence-electron chi connectivity index (χ3n) is 3.91. The van der Waals surface area contributed by atoms with Gasteiger partial charge in [0.2, 0.25) is 0 Å². The number of guanidine groups is 1. The van der Waals surface area contributed by atoms with Crippen molar-refractivity contribution in [3.05, 3.63) is 59.5 Å². The lowest BCUT2D eigenvalue weighted by Crippen LogP contribution is -2.36. The second kappa shape index (κ2) is 8.02. The summed E-state index contributed by atoms with van der Waals surface area (Å²) >= 11 is 1.76. The Kier molecular flexibility index (Phi) is 5.55. The van der Waals surface area contributed by atoms with Crippen molar-refractivity contribution in [2.75, 3.05) is 13.3 Å². The quantitative estimate of drug-likeness (QED) is 0.419.